The monoisotopic (exact) mass is 246 g/mol. The average Bonchev–Trinajstić information content (AvgIpc) is 2.55. The van der Waals surface area contributed by atoms with Crippen LogP contribution in [0.5, 0.6) is 0 Å². The maximum absolute atomic E-state index is 12.1. The third-order valence-corrected chi connectivity index (χ3v) is 3.19. The van der Waals surface area contributed by atoms with Crippen LogP contribution in [0.1, 0.15) is 47.4 Å². The molecule has 1 aromatic rings. The molecule has 1 heterocycles. The van der Waals surface area contributed by atoms with E-state index in [0.717, 1.165) is 12.8 Å². The first-order valence-corrected chi connectivity index (χ1v) is 6.27. The molecule has 96 valence electrons. The highest BCUT2D eigenvalue weighted by Gasteiger charge is 2.36. The number of carbonyl (C=O) groups excluding carboxylic acids is 2. The van der Waals surface area contributed by atoms with E-state index in [4.69, 9.17) is 5.73 Å². The van der Waals surface area contributed by atoms with Gasteiger partial charge in [-0.1, -0.05) is 19.9 Å². The lowest BCUT2D eigenvalue weighted by Crippen LogP contribution is -2.31. The van der Waals surface area contributed by atoms with Crippen molar-refractivity contribution in [2.24, 2.45) is 5.92 Å². The van der Waals surface area contributed by atoms with Crippen molar-refractivity contribution >= 4 is 17.5 Å². The van der Waals surface area contributed by atoms with Crippen molar-refractivity contribution in [3.8, 4) is 0 Å². The Balaban J connectivity index is 2.16. The van der Waals surface area contributed by atoms with Crippen LogP contribution in [-0.4, -0.2) is 23.3 Å². The number of benzene rings is 1. The van der Waals surface area contributed by atoms with E-state index in [1.807, 2.05) is 0 Å². The second-order valence-electron chi connectivity index (χ2n) is 5.07. The molecule has 0 spiro atoms. The summed E-state index contributed by atoms with van der Waals surface area (Å²) in [4.78, 5) is 25.5. The molecule has 0 aromatic heterocycles. The van der Waals surface area contributed by atoms with Crippen molar-refractivity contribution in [1.82, 2.24) is 4.90 Å². The first kappa shape index (κ1) is 12.6. The van der Waals surface area contributed by atoms with Gasteiger partial charge in [-0.25, -0.2) is 0 Å². The van der Waals surface area contributed by atoms with Crippen LogP contribution < -0.4 is 5.73 Å². The average molecular weight is 246 g/mol. The number of carbonyl (C=O) groups is 2. The van der Waals surface area contributed by atoms with Crippen molar-refractivity contribution in [3.05, 3.63) is 29.3 Å². The Morgan fingerprint density at radius 2 is 1.94 bits per heavy atom. The molecule has 2 N–H and O–H groups in total. The number of nitrogen functional groups attached to an aromatic ring is 1. The van der Waals surface area contributed by atoms with Crippen LogP contribution in [0.25, 0.3) is 0 Å². The zero-order valence-corrected chi connectivity index (χ0v) is 10.8. The van der Waals surface area contributed by atoms with Gasteiger partial charge >= 0.3 is 0 Å². The van der Waals surface area contributed by atoms with Gasteiger partial charge in [0.05, 0.1) is 11.1 Å². The molecule has 18 heavy (non-hydrogen) atoms. The molecule has 1 aliphatic heterocycles. The predicted octanol–water partition coefficient (Wildman–Crippen LogP) is 2.30. The molecule has 0 bridgehead atoms. The third-order valence-electron chi connectivity index (χ3n) is 3.19. The SMILES string of the molecule is CC(C)CCCN1C(=O)c2cccc(N)c2C1=O. The quantitative estimate of drug-likeness (QED) is 0.655. The van der Waals surface area contributed by atoms with Gasteiger partial charge in [0.1, 0.15) is 0 Å². The zero-order chi connectivity index (χ0) is 13.3. The fourth-order valence-corrected chi connectivity index (χ4v) is 2.22. The van der Waals surface area contributed by atoms with Crippen molar-refractivity contribution < 1.29 is 9.59 Å². The van der Waals surface area contributed by atoms with Gasteiger partial charge < -0.3 is 5.73 Å². The van der Waals surface area contributed by atoms with Gasteiger partial charge in [0, 0.05) is 12.2 Å². The Kier molecular flexibility index (Phi) is 3.36. The summed E-state index contributed by atoms with van der Waals surface area (Å²) in [6, 6.07) is 5.02. The van der Waals surface area contributed by atoms with Gasteiger partial charge in [-0.2, -0.15) is 0 Å². The number of nitrogens with two attached hydrogens (primary N) is 1. The summed E-state index contributed by atoms with van der Waals surface area (Å²) in [5.41, 5.74) is 6.95. The van der Waals surface area contributed by atoms with Crippen LogP contribution in [0.2, 0.25) is 0 Å². The van der Waals surface area contributed by atoms with E-state index in [2.05, 4.69) is 13.8 Å². The lowest BCUT2D eigenvalue weighted by atomic mass is 10.1. The van der Waals surface area contributed by atoms with E-state index < -0.39 is 0 Å². The Labute approximate surface area is 107 Å². The Morgan fingerprint density at radius 1 is 1.22 bits per heavy atom. The molecular formula is C14H18N2O2. The Morgan fingerprint density at radius 3 is 2.56 bits per heavy atom. The van der Waals surface area contributed by atoms with E-state index in [1.165, 1.54) is 4.90 Å². The van der Waals surface area contributed by atoms with Gasteiger partial charge in [0.25, 0.3) is 11.8 Å². The standard InChI is InChI=1S/C14H18N2O2/c1-9(2)5-4-8-16-13(17)10-6-3-7-11(15)12(10)14(16)18/h3,6-7,9H,4-5,8,15H2,1-2H3. The highest BCUT2D eigenvalue weighted by Crippen LogP contribution is 2.27. The molecular weight excluding hydrogens is 228 g/mol. The fraction of sp³-hybridized carbons (Fsp3) is 0.429. The lowest BCUT2D eigenvalue weighted by Gasteiger charge is -2.14. The largest absolute Gasteiger partial charge is 0.398 e. The van der Waals surface area contributed by atoms with Crippen molar-refractivity contribution in [2.45, 2.75) is 26.7 Å². The van der Waals surface area contributed by atoms with Gasteiger partial charge in [0.2, 0.25) is 0 Å². The van der Waals surface area contributed by atoms with E-state index in [9.17, 15) is 9.59 Å². The summed E-state index contributed by atoms with van der Waals surface area (Å²) in [5, 5.41) is 0. The van der Waals surface area contributed by atoms with Gasteiger partial charge in [0.15, 0.2) is 0 Å². The Hall–Kier alpha value is -1.84. The number of hydrogen-bond acceptors (Lipinski definition) is 3. The molecule has 1 aliphatic rings. The second kappa shape index (κ2) is 4.80. The molecule has 4 heteroatoms. The minimum absolute atomic E-state index is 0.217. The number of rotatable bonds is 4. The molecule has 0 fully saturated rings. The van der Waals surface area contributed by atoms with E-state index >= 15 is 0 Å². The van der Waals surface area contributed by atoms with Crippen molar-refractivity contribution in [1.29, 1.82) is 0 Å². The molecule has 2 rings (SSSR count). The molecule has 0 saturated heterocycles. The van der Waals surface area contributed by atoms with E-state index in [-0.39, 0.29) is 11.8 Å². The van der Waals surface area contributed by atoms with Crippen LogP contribution in [0.4, 0.5) is 5.69 Å². The molecule has 2 amide bonds. The first-order chi connectivity index (χ1) is 8.52. The highest BCUT2D eigenvalue weighted by molar-refractivity contribution is 6.23. The summed E-state index contributed by atoms with van der Waals surface area (Å²) in [6.07, 6.45) is 1.84. The van der Waals surface area contributed by atoms with Crippen molar-refractivity contribution in [2.75, 3.05) is 12.3 Å². The van der Waals surface area contributed by atoms with Crippen LogP contribution in [0.15, 0.2) is 18.2 Å². The smallest absolute Gasteiger partial charge is 0.263 e. The van der Waals surface area contributed by atoms with E-state index in [1.54, 1.807) is 18.2 Å². The van der Waals surface area contributed by atoms with Crippen molar-refractivity contribution in [3.63, 3.8) is 0 Å². The fourth-order valence-electron chi connectivity index (χ4n) is 2.22. The summed E-state index contributed by atoms with van der Waals surface area (Å²) in [6.45, 7) is 4.73. The molecule has 0 saturated carbocycles. The normalized spacial score (nSPS) is 14.5. The zero-order valence-electron chi connectivity index (χ0n) is 10.8. The summed E-state index contributed by atoms with van der Waals surface area (Å²) < 4.78 is 0. The maximum Gasteiger partial charge on any atom is 0.263 e. The predicted molar refractivity (Wildman–Crippen MR) is 70.3 cm³/mol. The number of anilines is 1. The molecule has 0 aliphatic carbocycles. The molecule has 1 aromatic carbocycles. The number of hydrogen-bond donors (Lipinski definition) is 1. The van der Waals surface area contributed by atoms with Crippen LogP contribution in [0, 0.1) is 5.92 Å². The lowest BCUT2D eigenvalue weighted by molar-refractivity contribution is 0.0650. The Bertz CT molecular complexity index is 495. The van der Waals surface area contributed by atoms with Gasteiger partial charge in [-0.3, -0.25) is 14.5 Å². The van der Waals surface area contributed by atoms with Crippen LogP contribution >= 0.6 is 0 Å². The molecule has 0 radical (unpaired) electrons. The number of nitrogens with zero attached hydrogens (tertiary/aromatic N) is 1. The van der Waals surface area contributed by atoms with Crippen LogP contribution in [0.3, 0.4) is 0 Å². The third kappa shape index (κ3) is 2.10. The van der Waals surface area contributed by atoms with Gasteiger partial charge in [-0.15, -0.1) is 0 Å². The molecule has 4 nitrogen and oxygen atoms in total. The number of fused-ring (bicyclic) bond motifs is 1. The van der Waals surface area contributed by atoms with Gasteiger partial charge in [-0.05, 0) is 30.9 Å². The molecule has 0 unspecified atom stereocenters. The summed E-state index contributed by atoms with van der Waals surface area (Å²) in [7, 11) is 0. The number of imide groups is 1. The summed E-state index contributed by atoms with van der Waals surface area (Å²) >= 11 is 0. The van der Waals surface area contributed by atoms with E-state index in [0.29, 0.717) is 29.3 Å². The maximum atomic E-state index is 12.1. The minimum Gasteiger partial charge on any atom is -0.398 e. The number of amides is 2. The minimum atomic E-state index is -0.253. The summed E-state index contributed by atoms with van der Waals surface area (Å²) in [5.74, 6) is 0.105. The highest BCUT2D eigenvalue weighted by atomic mass is 16.2. The topological polar surface area (TPSA) is 63.4 Å². The molecule has 0 atom stereocenters. The first-order valence-electron chi connectivity index (χ1n) is 6.27. The van der Waals surface area contributed by atoms with Crippen LogP contribution in [-0.2, 0) is 0 Å². The second-order valence-corrected chi connectivity index (χ2v) is 5.07.